The SMILES string of the molecule is CC(C)C1CCC(N)C(Cc2csc3ccccc23)C1. The number of nitrogens with two attached hydrogens (primary N) is 1. The van der Waals surface area contributed by atoms with Crippen LogP contribution >= 0.6 is 11.3 Å². The Morgan fingerprint density at radius 2 is 2.05 bits per heavy atom. The second-order valence-corrected chi connectivity index (χ2v) is 7.61. The highest BCUT2D eigenvalue weighted by molar-refractivity contribution is 7.17. The molecule has 1 heterocycles. The lowest BCUT2D eigenvalue weighted by molar-refractivity contribution is 0.190. The standard InChI is InChI=1S/C18H25NS/c1-12(2)13-7-8-17(19)14(9-13)10-15-11-20-18-6-4-3-5-16(15)18/h3-6,11-14,17H,7-10,19H2,1-2H3. The molecule has 2 aromatic rings. The Kier molecular flexibility index (Phi) is 4.13. The largest absolute Gasteiger partial charge is 0.327 e. The highest BCUT2D eigenvalue weighted by atomic mass is 32.1. The molecule has 1 aliphatic rings. The van der Waals surface area contributed by atoms with Crippen LogP contribution in [0, 0.1) is 17.8 Å². The van der Waals surface area contributed by atoms with Crippen molar-refractivity contribution in [2.75, 3.05) is 0 Å². The smallest absolute Gasteiger partial charge is 0.0345 e. The van der Waals surface area contributed by atoms with Gasteiger partial charge in [0.2, 0.25) is 0 Å². The van der Waals surface area contributed by atoms with Gasteiger partial charge in [0, 0.05) is 10.7 Å². The van der Waals surface area contributed by atoms with Crippen molar-refractivity contribution in [1.29, 1.82) is 0 Å². The van der Waals surface area contributed by atoms with Crippen molar-refractivity contribution in [1.82, 2.24) is 0 Å². The summed E-state index contributed by atoms with van der Waals surface area (Å²) in [6.45, 7) is 4.72. The molecule has 1 aromatic carbocycles. The summed E-state index contributed by atoms with van der Waals surface area (Å²) < 4.78 is 1.41. The molecule has 0 radical (unpaired) electrons. The van der Waals surface area contributed by atoms with Gasteiger partial charge in [-0.15, -0.1) is 11.3 Å². The molecule has 0 amide bonds. The average Bonchev–Trinajstić information content (AvgIpc) is 2.84. The van der Waals surface area contributed by atoms with Crippen molar-refractivity contribution < 1.29 is 0 Å². The molecule has 0 spiro atoms. The lowest BCUT2D eigenvalue weighted by atomic mass is 9.72. The van der Waals surface area contributed by atoms with E-state index in [4.69, 9.17) is 5.73 Å². The number of fused-ring (bicyclic) bond motifs is 1. The topological polar surface area (TPSA) is 26.0 Å². The van der Waals surface area contributed by atoms with Crippen LogP contribution < -0.4 is 5.73 Å². The second kappa shape index (κ2) is 5.87. The van der Waals surface area contributed by atoms with E-state index < -0.39 is 0 Å². The van der Waals surface area contributed by atoms with Gasteiger partial charge >= 0.3 is 0 Å². The zero-order valence-electron chi connectivity index (χ0n) is 12.5. The van der Waals surface area contributed by atoms with Gasteiger partial charge in [-0.05, 0) is 65.8 Å². The van der Waals surface area contributed by atoms with Crippen LogP contribution in [-0.4, -0.2) is 6.04 Å². The van der Waals surface area contributed by atoms with E-state index in [2.05, 4.69) is 43.5 Å². The Labute approximate surface area is 126 Å². The van der Waals surface area contributed by atoms with Crippen molar-refractivity contribution in [3.8, 4) is 0 Å². The van der Waals surface area contributed by atoms with Crippen LogP contribution in [0.15, 0.2) is 29.6 Å². The van der Waals surface area contributed by atoms with E-state index in [9.17, 15) is 0 Å². The fourth-order valence-corrected chi connectivity index (χ4v) is 4.61. The minimum atomic E-state index is 0.392. The molecule has 20 heavy (non-hydrogen) atoms. The zero-order chi connectivity index (χ0) is 14.1. The fourth-order valence-electron chi connectivity index (χ4n) is 3.64. The normalized spacial score (nSPS) is 27.3. The molecule has 3 unspecified atom stereocenters. The molecule has 0 aliphatic heterocycles. The number of thiophene rings is 1. The van der Waals surface area contributed by atoms with Gasteiger partial charge in [0.05, 0.1) is 0 Å². The van der Waals surface area contributed by atoms with Crippen LogP contribution in [0.4, 0.5) is 0 Å². The number of benzene rings is 1. The van der Waals surface area contributed by atoms with Crippen molar-refractivity contribution >= 4 is 21.4 Å². The van der Waals surface area contributed by atoms with E-state index >= 15 is 0 Å². The lowest BCUT2D eigenvalue weighted by Crippen LogP contribution is -2.38. The molecule has 3 rings (SSSR count). The van der Waals surface area contributed by atoms with E-state index in [-0.39, 0.29) is 0 Å². The summed E-state index contributed by atoms with van der Waals surface area (Å²) in [6.07, 6.45) is 4.99. The molecule has 1 aromatic heterocycles. The molecule has 1 fully saturated rings. The molecule has 3 atom stereocenters. The number of rotatable bonds is 3. The van der Waals surface area contributed by atoms with Crippen molar-refractivity contribution in [2.24, 2.45) is 23.5 Å². The maximum atomic E-state index is 6.41. The lowest BCUT2D eigenvalue weighted by Gasteiger charge is -2.36. The van der Waals surface area contributed by atoms with Crippen LogP contribution in [0.2, 0.25) is 0 Å². The molecular weight excluding hydrogens is 262 g/mol. The first-order valence-corrected chi connectivity index (χ1v) is 8.74. The molecule has 1 nitrogen and oxygen atoms in total. The Hall–Kier alpha value is -0.860. The van der Waals surface area contributed by atoms with E-state index in [0.29, 0.717) is 12.0 Å². The first-order valence-electron chi connectivity index (χ1n) is 7.86. The Morgan fingerprint density at radius 1 is 1.25 bits per heavy atom. The Bertz CT molecular complexity index is 572. The maximum Gasteiger partial charge on any atom is 0.0345 e. The van der Waals surface area contributed by atoms with Gasteiger partial charge in [-0.1, -0.05) is 32.0 Å². The van der Waals surface area contributed by atoms with Crippen LogP contribution in [-0.2, 0) is 6.42 Å². The van der Waals surface area contributed by atoms with Crippen LogP contribution in [0.5, 0.6) is 0 Å². The predicted molar refractivity (Wildman–Crippen MR) is 89.2 cm³/mol. The molecule has 2 N–H and O–H groups in total. The summed E-state index contributed by atoms with van der Waals surface area (Å²) >= 11 is 1.87. The quantitative estimate of drug-likeness (QED) is 0.858. The van der Waals surface area contributed by atoms with Crippen LogP contribution in [0.3, 0.4) is 0 Å². The second-order valence-electron chi connectivity index (χ2n) is 6.70. The molecular formula is C18H25NS. The van der Waals surface area contributed by atoms with E-state index in [1.165, 1.54) is 34.9 Å². The minimum Gasteiger partial charge on any atom is -0.327 e. The van der Waals surface area contributed by atoms with Gasteiger partial charge in [0.15, 0.2) is 0 Å². The van der Waals surface area contributed by atoms with Gasteiger partial charge in [-0.3, -0.25) is 0 Å². The van der Waals surface area contributed by atoms with E-state index in [1.54, 1.807) is 0 Å². The summed E-state index contributed by atoms with van der Waals surface area (Å²) in [5.41, 5.74) is 7.92. The third kappa shape index (κ3) is 2.77. The van der Waals surface area contributed by atoms with Crippen LogP contribution in [0.25, 0.3) is 10.1 Å². The molecule has 2 heteroatoms. The Morgan fingerprint density at radius 3 is 2.85 bits per heavy atom. The first-order chi connectivity index (χ1) is 9.65. The van der Waals surface area contributed by atoms with Crippen molar-refractivity contribution in [2.45, 2.75) is 45.6 Å². The Balaban J connectivity index is 1.79. The van der Waals surface area contributed by atoms with Gasteiger partial charge in [0.25, 0.3) is 0 Å². The average molecular weight is 287 g/mol. The third-order valence-corrected chi connectivity index (χ3v) is 6.08. The third-order valence-electron chi connectivity index (χ3n) is 5.07. The highest BCUT2D eigenvalue weighted by Crippen LogP contribution is 2.36. The summed E-state index contributed by atoms with van der Waals surface area (Å²) in [5, 5.41) is 3.78. The van der Waals surface area contributed by atoms with Gasteiger partial charge in [-0.25, -0.2) is 0 Å². The highest BCUT2D eigenvalue weighted by Gasteiger charge is 2.30. The summed E-state index contributed by atoms with van der Waals surface area (Å²) in [4.78, 5) is 0. The van der Waals surface area contributed by atoms with Gasteiger partial charge in [0.1, 0.15) is 0 Å². The first kappa shape index (κ1) is 14.1. The molecule has 0 saturated heterocycles. The van der Waals surface area contributed by atoms with Crippen LogP contribution in [0.1, 0.15) is 38.7 Å². The van der Waals surface area contributed by atoms with E-state index in [1.807, 2.05) is 11.3 Å². The fraction of sp³-hybridized carbons (Fsp3) is 0.556. The molecule has 108 valence electrons. The maximum absolute atomic E-state index is 6.41. The minimum absolute atomic E-state index is 0.392. The molecule has 1 saturated carbocycles. The number of hydrogen-bond donors (Lipinski definition) is 1. The molecule has 1 aliphatic carbocycles. The predicted octanol–water partition coefficient (Wildman–Crippen LogP) is 4.84. The van der Waals surface area contributed by atoms with Gasteiger partial charge < -0.3 is 5.73 Å². The summed E-state index contributed by atoms with van der Waals surface area (Å²) in [6, 6.07) is 9.15. The monoisotopic (exact) mass is 287 g/mol. The molecule has 0 bridgehead atoms. The summed E-state index contributed by atoms with van der Waals surface area (Å²) in [5.74, 6) is 2.32. The van der Waals surface area contributed by atoms with Crippen molar-refractivity contribution in [3.05, 3.63) is 35.2 Å². The van der Waals surface area contributed by atoms with E-state index in [0.717, 1.165) is 18.3 Å². The summed E-state index contributed by atoms with van der Waals surface area (Å²) in [7, 11) is 0. The van der Waals surface area contributed by atoms with Gasteiger partial charge in [-0.2, -0.15) is 0 Å². The number of hydrogen-bond acceptors (Lipinski definition) is 2. The van der Waals surface area contributed by atoms with Crippen molar-refractivity contribution in [3.63, 3.8) is 0 Å². The zero-order valence-corrected chi connectivity index (χ0v) is 13.3.